The molecule has 3 nitrogen and oxygen atoms in total. The lowest BCUT2D eigenvalue weighted by atomic mass is 10.0. The van der Waals surface area contributed by atoms with Crippen LogP contribution in [-0.2, 0) is 0 Å². The number of aromatic nitrogens is 1. The van der Waals surface area contributed by atoms with Gasteiger partial charge in [-0.15, -0.1) is 11.8 Å². The van der Waals surface area contributed by atoms with E-state index in [1.54, 1.807) is 11.8 Å². The first-order valence-electron chi connectivity index (χ1n) is 6.97. The van der Waals surface area contributed by atoms with Crippen LogP contribution in [0.4, 0.5) is 5.69 Å². The Kier molecular flexibility index (Phi) is 3.79. The van der Waals surface area contributed by atoms with Crippen molar-refractivity contribution >= 4 is 28.4 Å². The van der Waals surface area contributed by atoms with Crippen molar-refractivity contribution in [2.75, 3.05) is 24.2 Å². The summed E-state index contributed by atoms with van der Waals surface area (Å²) >= 11 is 1.55. The minimum absolute atomic E-state index is 0.734. The number of para-hydroxylation sites is 1. The molecule has 3 rings (SSSR count). The molecule has 0 atom stereocenters. The summed E-state index contributed by atoms with van der Waals surface area (Å²) in [6, 6.07) is 10.5. The zero-order chi connectivity index (χ0) is 13.9. The monoisotopic (exact) mass is 283 g/mol. The average Bonchev–Trinajstić information content (AvgIpc) is 2.53. The molecule has 0 N–H and O–H groups in total. The maximum atomic E-state index is 9.59. The van der Waals surface area contributed by atoms with Gasteiger partial charge in [-0.1, -0.05) is 18.2 Å². The van der Waals surface area contributed by atoms with Gasteiger partial charge in [0.25, 0.3) is 0 Å². The van der Waals surface area contributed by atoms with Crippen molar-refractivity contribution in [1.82, 2.24) is 4.98 Å². The number of nitrogens with zero attached hydrogens (tertiary/aromatic N) is 3. The van der Waals surface area contributed by atoms with Crippen molar-refractivity contribution in [3.63, 3.8) is 0 Å². The molecule has 2 aromatic rings. The third-order valence-corrected chi connectivity index (χ3v) is 4.49. The normalized spacial score (nSPS) is 15.3. The molecule has 0 radical (unpaired) electrons. The molecular formula is C16H17N3S. The van der Waals surface area contributed by atoms with Crippen LogP contribution in [0, 0.1) is 11.3 Å². The molecule has 1 aromatic carbocycles. The van der Waals surface area contributed by atoms with Crippen molar-refractivity contribution in [1.29, 1.82) is 5.26 Å². The van der Waals surface area contributed by atoms with Gasteiger partial charge in [-0.25, -0.2) is 4.98 Å². The number of anilines is 1. The Bertz CT molecular complexity index is 669. The van der Waals surface area contributed by atoms with Crippen LogP contribution < -0.4 is 4.90 Å². The first-order chi connectivity index (χ1) is 9.85. The van der Waals surface area contributed by atoms with Gasteiger partial charge in [0.2, 0.25) is 0 Å². The van der Waals surface area contributed by atoms with Gasteiger partial charge in [0.15, 0.2) is 0 Å². The van der Waals surface area contributed by atoms with Crippen LogP contribution in [0.3, 0.4) is 0 Å². The van der Waals surface area contributed by atoms with Gasteiger partial charge in [0.1, 0.15) is 16.7 Å². The van der Waals surface area contributed by atoms with E-state index in [0.29, 0.717) is 0 Å². The fraction of sp³-hybridized carbons (Fsp3) is 0.375. The molecule has 102 valence electrons. The first-order valence-corrected chi connectivity index (χ1v) is 8.19. The molecule has 1 aliphatic rings. The zero-order valence-electron chi connectivity index (χ0n) is 11.6. The van der Waals surface area contributed by atoms with E-state index in [1.165, 1.54) is 19.3 Å². The third kappa shape index (κ3) is 2.23. The molecule has 1 aromatic heterocycles. The van der Waals surface area contributed by atoms with E-state index in [-0.39, 0.29) is 0 Å². The lowest BCUT2D eigenvalue weighted by molar-refractivity contribution is 0.578. The molecule has 20 heavy (non-hydrogen) atoms. The van der Waals surface area contributed by atoms with Crippen LogP contribution in [0.5, 0.6) is 0 Å². The molecule has 1 aliphatic heterocycles. The fourth-order valence-corrected chi connectivity index (χ4v) is 3.40. The number of fused-ring (bicyclic) bond motifs is 1. The number of thioether (sulfide) groups is 1. The summed E-state index contributed by atoms with van der Waals surface area (Å²) in [4.78, 5) is 7.00. The molecule has 4 heteroatoms. The smallest absolute Gasteiger partial charge is 0.116 e. The van der Waals surface area contributed by atoms with Crippen LogP contribution >= 0.6 is 11.8 Å². The van der Waals surface area contributed by atoms with Crippen molar-refractivity contribution in [3.05, 3.63) is 29.8 Å². The van der Waals surface area contributed by atoms with E-state index >= 15 is 0 Å². The summed E-state index contributed by atoms with van der Waals surface area (Å²) in [6.45, 7) is 2.08. The maximum absolute atomic E-state index is 9.59. The van der Waals surface area contributed by atoms with Crippen LogP contribution in [0.25, 0.3) is 10.9 Å². The van der Waals surface area contributed by atoms with Crippen molar-refractivity contribution in [2.45, 2.75) is 24.3 Å². The predicted molar refractivity (Wildman–Crippen MR) is 84.3 cm³/mol. The Morgan fingerprint density at radius 1 is 1.20 bits per heavy atom. The molecule has 1 saturated heterocycles. The van der Waals surface area contributed by atoms with Crippen LogP contribution in [0.15, 0.2) is 29.3 Å². The maximum Gasteiger partial charge on any atom is 0.116 e. The third-order valence-electron chi connectivity index (χ3n) is 3.81. The quantitative estimate of drug-likeness (QED) is 0.786. The van der Waals surface area contributed by atoms with Crippen molar-refractivity contribution in [2.24, 2.45) is 0 Å². The molecule has 0 bridgehead atoms. The lowest BCUT2D eigenvalue weighted by Crippen LogP contribution is -2.30. The molecule has 0 amide bonds. The highest BCUT2D eigenvalue weighted by Crippen LogP contribution is 2.35. The predicted octanol–water partition coefficient (Wildman–Crippen LogP) is 3.82. The molecule has 0 unspecified atom stereocenters. The van der Waals surface area contributed by atoms with Crippen LogP contribution in [-0.4, -0.2) is 24.3 Å². The molecular weight excluding hydrogens is 266 g/mol. The number of hydrogen-bond donors (Lipinski definition) is 0. The summed E-state index contributed by atoms with van der Waals surface area (Å²) < 4.78 is 0. The lowest BCUT2D eigenvalue weighted by Gasteiger charge is -2.31. The van der Waals surface area contributed by atoms with Crippen molar-refractivity contribution in [3.8, 4) is 6.07 Å². The topological polar surface area (TPSA) is 39.9 Å². The number of hydrogen-bond acceptors (Lipinski definition) is 4. The number of benzene rings is 1. The second kappa shape index (κ2) is 5.72. The van der Waals surface area contributed by atoms with Gasteiger partial charge in [0.05, 0.1) is 11.2 Å². The average molecular weight is 283 g/mol. The minimum atomic E-state index is 0.734. The van der Waals surface area contributed by atoms with E-state index in [0.717, 1.165) is 40.3 Å². The second-order valence-electron chi connectivity index (χ2n) is 5.02. The standard InChI is InChI=1S/C16H17N3S/c1-20-16-13(11-17)15(19-9-5-2-6-10-19)12-7-3-4-8-14(12)18-16/h3-4,7-8H,2,5-6,9-10H2,1H3. The molecule has 0 saturated carbocycles. The molecule has 2 heterocycles. The summed E-state index contributed by atoms with van der Waals surface area (Å²) in [5.41, 5.74) is 2.80. The molecule has 0 spiro atoms. The highest BCUT2D eigenvalue weighted by Gasteiger charge is 2.21. The van der Waals surface area contributed by atoms with Gasteiger partial charge < -0.3 is 4.90 Å². The number of pyridine rings is 1. The van der Waals surface area contributed by atoms with E-state index in [9.17, 15) is 5.26 Å². The second-order valence-corrected chi connectivity index (χ2v) is 5.82. The van der Waals surface area contributed by atoms with E-state index in [2.05, 4.69) is 22.0 Å². The Morgan fingerprint density at radius 2 is 1.95 bits per heavy atom. The minimum Gasteiger partial charge on any atom is -0.370 e. The van der Waals surface area contributed by atoms with E-state index in [4.69, 9.17) is 0 Å². The molecule has 1 fully saturated rings. The van der Waals surface area contributed by atoms with Crippen LogP contribution in [0.1, 0.15) is 24.8 Å². The van der Waals surface area contributed by atoms with E-state index in [1.807, 2.05) is 24.5 Å². The number of piperidine rings is 1. The van der Waals surface area contributed by atoms with Gasteiger partial charge in [-0.3, -0.25) is 0 Å². The molecule has 0 aliphatic carbocycles. The summed E-state index contributed by atoms with van der Waals surface area (Å²) in [5, 5.41) is 11.5. The highest BCUT2D eigenvalue weighted by atomic mass is 32.2. The fourth-order valence-electron chi connectivity index (χ4n) is 2.87. The Morgan fingerprint density at radius 3 is 2.65 bits per heavy atom. The number of rotatable bonds is 2. The Labute approximate surface area is 123 Å². The SMILES string of the molecule is CSc1nc2ccccc2c(N2CCCCC2)c1C#N. The number of nitriles is 1. The van der Waals surface area contributed by atoms with Gasteiger partial charge in [-0.2, -0.15) is 5.26 Å². The zero-order valence-corrected chi connectivity index (χ0v) is 12.4. The Balaban J connectivity index is 2.27. The first kappa shape index (κ1) is 13.3. The Hall–Kier alpha value is -1.73. The largest absolute Gasteiger partial charge is 0.370 e. The van der Waals surface area contributed by atoms with Crippen LogP contribution in [0.2, 0.25) is 0 Å². The summed E-state index contributed by atoms with van der Waals surface area (Å²) in [5.74, 6) is 0. The van der Waals surface area contributed by atoms with Gasteiger partial charge in [-0.05, 0) is 31.6 Å². The van der Waals surface area contributed by atoms with E-state index < -0.39 is 0 Å². The van der Waals surface area contributed by atoms with Gasteiger partial charge in [0, 0.05) is 18.5 Å². The van der Waals surface area contributed by atoms with Crippen molar-refractivity contribution < 1.29 is 0 Å². The summed E-state index contributed by atoms with van der Waals surface area (Å²) in [6.07, 6.45) is 5.68. The summed E-state index contributed by atoms with van der Waals surface area (Å²) in [7, 11) is 0. The van der Waals surface area contributed by atoms with Gasteiger partial charge >= 0.3 is 0 Å². The highest BCUT2D eigenvalue weighted by molar-refractivity contribution is 7.98.